The second-order valence-corrected chi connectivity index (χ2v) is 11.0. The molecule has 1 unspecified atom stereocenters. The Morgan fingerprint density at radius 2 is 2.24 bits per heavy atom. The zero-order valence-electron chi connectivity index (χ0n) is 20.7. The topological polar surface area (TPSA) is 167 Å². The molecule has 2 aliphatic heterocycles. The number of furan rings is 1. The highest BCUT2D eigenvalue weighted by atomic mass is 32.2. The van der Waals surface area contributed by atoms with Gasteiger partial charge in [0.05, 0.1) is 17.7 Å². The van der Waals surface area contributed by atoms with Gasteiger partial charge in [0.15, 0.2) is 29.2 Å². The minimum Gasteiger partial charge on any atom is -0.543 e. The number of carboxylic acid groups (broad SMARTS) is 1. The number of nitrogens with one attached hydrogen (secondary N) is 1. The number of hydrogen-bond acceptors (Lipinski definition) is 11. The number of carbonyl (C=O) groups excluding carboxylic acids is 3. The molecular weight excluding hydrogens is 532 g/mol. The molecule has 0 spiro atoms. The van der Waals surface area contributed by atoms with E-state index in [1.165, 1.54) is 16.7 Å². The van der Waals surface area contributed by atoms with Gasteiger partial charge in [0.1, 0.15) is 29.0 Å². The number of thioether (sulfide) groups is 1. The molecule has 5 heterocycles. The molecule has 1 fully saturated rings. The molecule has 2 aliphatic rings. The fourth-order valence-corrected chi connectivity index (χ4v) is 6.17. The molecule has 12 nitrogen and oxygen atoms in total. The number of nitrogen functional groups attached to an aromatic ring is 1. The molecule has 3 N–H and O–H groups in total. The molecule has 38 heavy (non-hydrogen) atoms. The zero-order valence-corrected chi connectivity index (χ0v) is 22.3. The van der Waals surface area contributed by atoms with Crippen LogP contribution in [0.15, 0.2) is 50.6 Å². The highest BCUT2D eigenvalue weighted by Crippen LogP contribution is 2.40. The van der Waals surface area contributed by atoms with Gasteiger partial charge in [0.25, 0.3) is 17.3 Å². The standard InChI is InChI=1S/C24H24N6O6S2/c1-11(2)36-28-17(14-10-38-24(25)26-14)20(31)27-18-21(32)30-19(23(33)34)13(9-37-22(18)30)8-29-6-4-5-16-15(29)7-12(3)35-16/h4-7,10-11,18,22H,8-9H2,1-3H3,(H3-,25,26,27,31,33,34)/b28-17+/t18?,22-/m1/s1. The summed E-state index contributed by atoms with van der Waals surface area (Å²) in [5, 5.41) is 19.9. The van der Waals surface area contributed by atoms with Gasteiger partial charge in [-0.25, -0.2) is 4.98 Å². The molecule has 1 saturated heterocycles. The number of anilines is 1. The smallest absolute Gasteiger partial charge is 0.276 e. The normalized spacial score (nSPS) is 19.5. The fraction of sp³-hybridized carbons (Fsp3) is 0.333. The van der Waals surface area contributed by atoms with Crippen molar-refractivity contribution in [1.29, 1.82) is 0 Å². The van der Waals surface area contributed by atoms with E-state index in [2.05, 4.69) is 15.5 Å². The van der Waals surface area contributed by atoms with Crippen molar-refractivity contribution in [3.05, 3.63) is 52.5 Å². The molecule has 3 aromatic heterocycles. The molecule has 0 aromatic carbocycles. The van der Waals surface area contributed by atoms with Crippen LogP contribution in [0.25, 0.3) is 11.1 Å². The Labute approximate surface area is 225 Å². The average Bonchev–Trinajstić information content (AvgIpc) is 3.47. The molecule has 5 rings (SSSR count). The first kappa shape index (κ1) is 25.7. The third kappa shape index (κ3) is 4.72. The summed E-state index contributed by atoms with van der Waals surface area (Å²) in [6, 6.07) is 4.54. The first-order chi connectivity index (χ1) is 18.1. The number of aryl methyl sites for hydroxylation is 1. The lowest BCUT2D eigenvalue weighted by atomic mass is 10.0. The van der Waals surface area contributed by atoms with Gasteiger partial charge in [-0.1, -0.05) is 5.16 Å². The number of carbonyl (C=O) groups is 3. The summed E-state index contributed by atoms with van der Waals surface area (Å²) in [6.45, 7) is 5.56. The minimum atomic E-state index is -1.45. The van der Waals surface area contributed by atoms with E-state index in [1.54, 1.807) is 19.2 Å². The predicted molar refractivity (Wildman–Crippen MR) is 137 cm³/mol. The second kappa shape index (κ2) is 10.1. The summed E-state index contributed by atoms with van der Waals surface area (Å²) in [5.74, 6) is -1.64. The van der Waals surface area contributed by atoms with Gasteiger partial charge < -0.3 is 30.2 Å². The van der Waals surface area contributed by atoms with Gasteiger partial charge in [-0.05, 0) is 26.8 Å². The van der Waals surface area contributed by atoms with E-state index in [4.69, 9.17) is 15.0 Å². The maximum Gasteiger partial charge on any atom is 0.276 e. The molecule has 0 radical (unpaired) electrons. The Balaban J connectivity index is 1.38. The van der Waals surface area contributed by atoms with Crippen LogP contribution in [0.3, 0.4) is 0 Å². The number of fused-ring (bicyclic) bond motifs is 2. The number of rotatable bonds is 8. The Morgan fingerprint density at radius 3 is 2.92 bits per heavy atom. The van der Waals surface area contributed by atoms with Crippen LogP contribution < -0.4 is 20.7 Å². The van der Waals surface area contributed by atoms with E-state index in [1.807, 2.05) is 35.9 Å². The van der Waals surface area contributed by atoms with E-state index in [0.717, 1.165) is 22.6 Å². The summed E-state index contributed by atoms with van der Waals surface area (Å²) in [5.41, 5.74) is 7.60. The van der Waals surface area contributed by atoms with Crippen LogP contribution in [-0.2, 0) is 25.8 Å². The Morgan fingerprint density at radius 1 is 1.45 bits per heavy atom. The van der Waals surface area contributed by atoms with Crippen molar-refractivity contribution in [1.82, 2.24) is 15.2 Å². The van der Waals surface area contributed by atoms with Crippen molar-refractivity contribution < 1.29 is 33.3 Å². The zero-order chi connectivity index (χ0) is 27.1. The van der Waals surface area contributed by atoms with Gasteiger partial charge in [0.2, 0.25) is 0 Å². The number of nitrogens with zero attached hydrogens (tertiary/aromatic N) is 4. The van der Waals surface area contributed by atoms with E-state index in [0.29, 0.717) is 16.9 Å². The SMILES string of the molecule is Cc1cc2c(ccc[n+]2CC2=C(C(=O)[O-])N3C(=O)C(NC(=O)/C(=N/OC(C)C)c4csc(N)n4)[C@H]3SC2)o1. The quantitative estimate of drug-likeness (QED) is 0.172. The highest BCUT2D eigenvalue weighted by Gasteiger charge is 2.53. The van der Waals surface area contributed by atoms with Crippen molar-refractivity contribution in [2.45, 2.75) is 44.8 Å². The number of hydrogen-bond donors (Lipinski definition) is 2. The largest absolute Gasteiger partial charge is 0.543 e. The third-order valence-corrected chi connectivity index (χ3v) is 7.92. The molecule has 3 aromatic rings. The molecule has 2 amide bonds. The fourth-order valence-electron chi connectivity index (χ4n) is 4.28. The second-order valence-electron chi connectivity index (χ2n) is 9.01. The number of amides is 2. The highest BCUT2D eigenvalue weighted by molar-refractivity contribution is 8.00. The van der Waals surface area contributed by atoms with E-state index in [9.17, 15) is 19.5 Å². The van der Waals surface area contributed by atoms with Crippen LogP contribution in [0.4, 0.5) is 5.13 Å². The lowest BCUT2D eigenvalue weighted by Gasteiger charge is -2.50. The number of β-lactam (4-membered cyclic amide) rings is 1. The summed E-state index contributed by atoms with van der Waals surface area (Å²) < 4.78 is 7.53. The van der Waals surface area contributed by atoms with Gasteiger partial charge in [-0.2, -0.15) is 4.57 Å². The molecule has 198 valence electrons. The maximum atomic E-state index is 13.1. The number of carboxylic acids is 1. The number of thiazole rings is 1. The van der Waals surface area contributed by atoms with Gasteiger partial charge in [-0.3, -0.25) is 14.5 Å². The maximum absolute atomic E-state index is 13.1. The number of aromatic nitrogens is 2. The van der Waals surface area contributed by atoms with Crippen molar-refractivity contribution >= 4 is 62.8 Å². The minimum absolute atomic E-state index is 0.130. The molecule has 0 aliphatic carbocycles. The summed E-state index contributed by atoms with van der Waals surface area (Å²) in [4.78, 5) is 49.0. The van der Waals surface area contributed by atoms with Crippen LogP contribution in [0.5, 0.6) is 0 Å². The summed E-state index contributed by atoms with van der Waals surface area (Å²) in [6.07, 6.45) is 1.52. The van der Waals surface area contributed by atoms with Crippen LogP contribution >= 0.6 is 23.1 Å². The Bertz CT molecular complexity index is 1510. The van der Waals surface area contributed by atoms with Crippen LogP contribution in [-0.4, -0.2) is 56.7 Å². The van der Waals surface area contributed by atoms with Crippen LogP contribution in [0.1, 0.15) is 25.3 Å². The first-order valence-corrected chi connectivity index (χ1v) is 13.6. The average molecular weight is 557 g/mol. The lowest BCUT2D eigenvalue weighted by Crippen LogP contribution is -2.71. The first-order valence-electron chi connectivity index (χ1n) is 11.7. The molecular formula is C24H24N6O6S2. The van der Waals surface area contributed by atoms with E-state index < -0.39 is 29.2 Å². The molecule has 0 bridgehead atoms. The number of aliphatic carboxylic acids is 1. The van der Waals surface area contributed by atoms with Crippen molar-refractivity contribution in [2.24, 2.45) is 5.16 Å². The van der Waals surface area contributed by atoms with Gasteiger partial charge in [-0.15, -0.1) is 23.1 Å². The molecule has 2 atom stereocenters. The van der Waals surface area contributed by atoms with Crippen molar-refractivity contribution in [2.75, 3.05) is 11.5 Å². The Kier molecular flexibility index (Phi) is 6.84. The summed E-state index contributed by atoms with van der Waals surface area (Å²) in [7, 11) is 0. The van der Waals surface area contributed by atoms with E-state index >= 15 is 0 Å². The van der Waals surface area contributed by atoms with Crippen LogP contribution in [0.2, 0.25) is 0 Å². The monoisotopic (exact) mass is 556 g/mol. The third-order valence-electron chi connectivity index (χ3n) is 5.91. The molecule has 0 saturated carbocycles. The lowest BCUT2D eigenvalue weighted by molar-refractivity contribution is -0.663. The van der Waals surface area contributed by atoms with Gasteiger partial charge >= 0.3 is 0 Å². The van der Waals surface area contributed by atoms with E-state index in [-0.39, 0.29) is 34.9 Å². The van der Waals surface area contributed by atoms with Crippen molar-refractivity contribution in [3.63, 3.8) is 0 Å². The number of nitrogens with two attached hydrogens (primary N) is 1. The van der Waals surface area contributed by atoms with Crippen LogP contribution in [0, 0.1) is 6.92 Å². The summed E-state index contributed by atoms with van der Waals surface area (Å²) >= 11 is 2.49. The molecule has 14 heteroatoms. The van der Waals surface area contributed by atoms with Crippen molar-refractivity contribution in [3.8, 4) is 0 Å². The van der Waals surface area contributed by atoms with Gasteiger partial charge in [0, 0.05) is 22.8 Å². The number of pyridine rings is 1. The number of oxime groups is 1. The predicted octanol–water partition coefficient (Wildman–Crippen LogP) is 0.301. The Hall–Kier alpha value is -3.91.